The molecule has 0 rings (SSSR count). The molecule has 0 aromatic rings. The molecule has 0 aromatic carbocycles. The van der Waals surface area contributed by atoms with E-state index < -0.39 is 26.5 Å². The molecule has 2 atom stereocenters. The number of phosphoric ester groups is 1. The molecule has 0 fully saturated rings. The Morgan fingerprint density at radius 1 is 0.337 bits per heavy atom. The van der Waals surface area contributed by atoms with Crippen LogP contribution in [-0.4, -0.2) is 74.9 Å². The Labute approximate surface area is 564 Å². The summed E-state index contributed by atoms with van der Waals surface area (Å²) in [5.41, 5.74) is 0. The summed E-state index contributed by atoms with van der Waals surface area (Å²) < 4.78 is 34.7. The lowest BCUT2D eigenvalue weighted by Gasteiger charge is -2.24. The Hall–Kier alpha value is -5.41. The van der Waals surface area contributed by atoms with Crippen LogP contribution in [0.4, 0.5) is 0 Å². The standard InChI is InChI=1S/C82H130NO8P/c1-6-8-10-12-14-16-18-20-22-24-26-28-30-32-34-36-38-39-40-41-42-43-45-47-49-51-53-55-57-59-61-63-65-67-69-71-73-75-82(85)91-80(79-90-92(86,87)89-77-76-83(3,4)5)78-88-81(84)74-72-70-68-66-64-62-60-58-56-54-52-50-48-46-44-37-35-33-31-29-27-25-23-21-19-17-15-13-11-9-7-2/h8-11,14-17,20-23,26-29,32-35,38-39,41-42,44-47,51,53,57,59,63,65,80H,6-7,12-13,18-19,24-25,30-31,36-37,40,43,48-50,52,54-56,58,60-62,64,66-79H2,1-5H3/p+1/b10-8-,11-9-,16-14-,17-15-,22-20-,23-21-,28-26-,29-27-,34-32-,35-33-,39-38-,42-41-,46-44-,47-45-,53-51-,59-57-,65-63-. The number of quaternary nitrogens is 1. The number of hydrogen-bond acceptors (Lipinski definition) is 7. The van der Waals surface area contributed by atoms with Crippen LogP contribution in [0.15, 0.2) is 207 Å². The third-order valence-corrected chi connectivity index (χ3v) is 15.3. The molecule has 9 nitrogen and oxygen atoms in total. The predicted octanol–water partition coefficient (Wildman–Crippen LogP) is 23.8. The summed E-state index contributed by atoms with van der Waals surface area (Å²) in [5, 5.41) is 0. The van der Waals surface area contributed by atoms with Gasteiger partial charge >= 0.3 is 19.8 Å². The average Bonchev–Trinajstić information content (AvgIpc) is 2.34. The number of unbranched alkanes of at least 4 members (excludes halogenated alkanes) is 15. The summed E-state index contributed by atoms with van der Waals surface area (Å²) in [5.74, 6) is -0.852. The quantitative estimate of drug-likeness (QED) is 0.0211. The van der Waals surface area contributed by atoms with Crippen LogP contribution in [0.2, 0.25) is 0 Å². The van der Waals surface area contributed by atoms with Crippen molar-refractivity contribution >= 4 is 19.8 Å². The molecule has 0 spiro atoms. The lowest BCUT2D eigenvalue weighted by Crippen LogP contribution is -2.37. The van der Waals surface area contributed by atoms with Crippen molar-refractivity contribution in [1.82, 2.24) is 0 Å². The van der Waals surface area contributed by atoms with E-state index in [-0.39, 0.29) is 32.0 Å². The largest absolute Gasteiger partial charge is 0.472 e. The van der Waals surface area contributed by atoms with Gasteiger partial charge < -0.3 is 18.9 Å². The van der Waals surface area contributed by atoms with Crippen LogP contribution in [0, 0.1) is 0 Å². The van der Waals surface area contributed by atoms with Crippen LogP contribution >= 0.6 is 7.82 Å². The van der Waals surface area contributed by atoms with Gasteiger partial charge in [0.2, 0.25) is 0 Å². The highest BCUT2D eigenvalue weighted by Crippen LogP contribution is 2.43. The molecule has 516 valence electrons. The summed E-state index contributed by atoms with van der Waals surface area (Å²) in [6, 6.07) is 0. The molecule has 0 aliphatic heterocycles. The first kappa shape index (κ1) is 86.6. The first-order valence-corrected chi connectivity index (χ1v) is 37.3. The number of hydrogen-bond donors (Lipinski definition) is 1. The summed E-state index contributed by atoms with van der Waals surface area (Å²) >= 11 is 0. The maximum Gasteiger partial charge on any atom is 0.472 e. The van der Waals surface area contributed by atoms with Gasteiger partial charge in [0.15, 0.2) is 6.10 Å². The van der Waals surface area contributed by atoms with Gasteiger partial charge in [0, 0.05) is 12.8 Å². The highest BCUT2D eigenvalue weighted by molar-refractivity contribution is 7.47. The maximum atomic E-state index is 12.9. The number of esters is 2. The third-order valence-electron chi connectivity index (χ3n) is 14.3. The van der Waals surface area contributed by atoms with Crippen LogP contribution in [0.1, 0.15) is 245 Å². The van der Waals surface area contributed by atoms with Crippen molar-refractivity contribution < 1.29 is 42.1 Å². The van der Waals surface area contributed by atoms with Gasteiger partial charge in [0.05, 0.1) is 27.7 Å². The zero-order chi connectivity index (χ0) is 66.9. The minimum Gasteiger partial charge on any atom is -0.462 e. The molecular weight excluding hydrogens is 1160 g/mol. The first-order valence-electron chi connectivity index (χ1n) is 35.8. The molecule has 0 saturated carbocycles. The predicted molar refractivity (Wildman–Crippen MR) is 398 cm³/mol. The third kappa shape index (κ3) is 73.6. The fraction of sp³-hybridized carbons (Fsp3) is 0.561. The number of nitrogens with zero attached hydrogens (tertiary/aromatic N) is 1. The number of phosphoric acid groups is 1. The van der Waals surface area contributed by atoms with E-state index in [9.17, 15) is 19.0 Å². The summed E-state index contributed by atoms with van der Waals surface area (Å²) in [7, 11) is 1.42. The number of rotatable bonds is 63. The first-order chi connectivity index (χ1) is 45.0. The molecule has 0 heterocycles. The lowest BCUT2D eigenvalue weighted by atomic mass is 10.0. The second-order valence-corrected chi connectivity index (χ2v) is 25.6. The molecule has 0 aliphatic rings. The maximum absolute atomic E-state index is 12.9. The van der Waals surface area contributed by atoms with E-state index >= 15 is 0 Å². The minimum atomic E-state index is -4.42. The van der Waals surface area contributed by atoms with Crippen molar-refractivity contribution in [3.63, 3.8) is 0 Å². The summed E-state index contributed by atoms with van der Waals surface area (Å²) in [6.45, 7) is 4.14. The van der Waals surface area contributed by atoms with Gasteiger partial charge in [0.1, 0.15) is 19.8 Å². The van der Waals surface area contributed by atoms with Crippen molar-refractivity contribution in [2.45, 2.75) is 251 Å². The highest BCUT2D eigenvalue weighted by Gasteiger charge is 2.27. The van der Waals surface area contributed by atoms with Crippen LogP contribution in [0.3, 0.4) is 0 Å². The molecule has 0 aromatic heterocycles. The smallest absolute Gasteiger partial charge is 0.462 e. The fourth-order valence-corrected chi connectivity index (χ4v) is 9.65. The Balaban J connectivity index is 4.21. The normalized spacial score (nSPS) is 14.4. The second kappa shape index (κ2) is 69.9. The van der Waals surface area contributed by atoms with Gasteiger partial charge in [-0.1, -0.05) is 291 Å². The topological polar surface area (TPSA) is 108 Å². The van der Waals surface area contributed by atoms with E-state index in [0.29, 0.717) is 17.4 Å². The Morgan fingerprint density at radius 3 is 0.880 bits per heavy atom. The van der Waals surface area contributed by atoms with E-state index in [1.807, 2.05) is 21.1 Å². The molecule has 2 unspecified atom stereocenters. The average molecular weight is 1290 g/mol. The molecule has 10 heteroatoms. The molecule has 0 aliphatic carbocycles. The van der Waals surface area contributed by atoms with Crippen molar-refractivity contribution in [3.05, 3.63) is 207 Å². The number of allylic oxidation sites excluding steroid dienone is 34. The van der Waals surface area contributed by atoms with Gasteiger partial charge in [-0.2, -0.15) is 0 Å². The summed E-state index contributed by atoms with van der Waals surface area (Å²) in [4.78, 5) is 35.9. The van der Waals surface area contributed by atoms with Crippen LogP contribution in [-0.2, 0) is 32.7 Å². The van der Waals surface area contributed by atoms with Crippen molar-refractivity contribution in [3.8, 4) is 0 Å². The van der Waals surface area contributed by atoms with Crippen LogP contribution in [0.25, 0.3) is 0 Å². The number of ether oxygens (including phenoxy) is 2. The van der Waals surface area contributed by atoms with Crippen LogP contribution in [0.5, 0.6) is 0 Å². The van der Waals surface area contributed by atoms with E-state index in [4.69, 9.17) is 18.5 Å². The zero-order valence-corrected chi connectivity index (χ0v) is 59.6. The molecule has 0 saturated heterocycles. The van der Waals surface area contributed by atoms with Crippen molar-refractivity contribution in [2.24, 2.45) is 0 Å². The highest BCUT2D eigenvalue weighted by atomic mass is 31.2. The van der Waals surface area contributed by atoms with Crippen molar-refractivity contribution in [2.75, 3.05) is 47.5 Å². The monoisotopic (exact) mass is 1290 g/mol. The van der Waals surface area contributed by atoms with Gasteiger partial charge in [0.25, 0.3) is 0 Å². The number of carbonyl (C=O) groups is 2. The molecule has 0 radical (unpaired) electrons. The Kier molecular flexibility index (Phi) is 65.8. The number of likely N-dealkylation sites (N-methyl/N-ethyl adjacent to an activating group) is 1. The lowest BCUT2D eigenvalue weighted by molar-refractivity contribution is -0.870. The summed E-state index contributed by atoms with van der Waals surface area (Å²) in [6.07, 6.45) is 111. The minimum absolute atomic E-state index is 0.0132. The fourth-order valence-electron chi connectivity index (χ4n) is 8.91. The van der Waals surface area contributed by atoms with Gasteiger partial charge in [-0.15, -0.1) is 0 Å². The van der Waals surface area contributed by atoms with E-state index in [2.05, 4.69) is 220 Å². The zero-order valence-electron chi connectivity index (χ0n) is 58.7. The SMILES string of the molecule is CC/C=C\C/C=C\C/C=C\C/C=C\C/C=C\C/C=C\C/C=C\C/C=C\C/C=C\C/C=C\C/C=C\CCCCCC(=O)OC(COC(=O)CCCCCCCCCCCCCC/C=C\C/C=C\C/C=C\C/C=C\C/C=C\C/C=C\CC)COP(=O)(O)OCC[N+](C)(C)C. The Bertz CT molecular complexity index is 2310. The molecule has 92 heavy (non-hydrogen) atoms. The van der Waals surface area contributed by atoms with E-state index in [1.165, 1.54) is 57.8 Å². The molecular formula is C82H131NO8P+. The van der Waals surface area contributed by atoms with Gasteiger partial charge in [-0.05, 0) is 148 Å². The molecule has 0 amide bonds. The van der Waals surface area contributed by atoms with E-state index in [1.54, 1.807) is 0 Å². The van der Waals surface area contributed by atoms with Gasteiger partial charge in [-0.3, -0.25) is 18.6 Å². The van der Waals surface area contributed by atoms with Gasteiger partial charge in [-0.25, -0.2) is 4.57 Å². The molecule has 1 N–H and O–H groups in total. The van der Waals surface area contributed by atoms with E-state index in [0.717, 1.165) is 154 Å². The second-order valence-electron chi connectivity index (χ2n) is 24.2. The molecule has 0 bridgehead atoms. The van der Waals surface area contributed by atoms with Crippen molar-refractivity contribution in [1.29, 1.82) is 0 Å². The Morgan fingerprint density at radius 2 is 0.587 bits per heavy atom. The van der Waals surface area contributed by atoms with Crippen LogP contribution < -0.4 is 0 Å². The number of carbonyl (C=O) groups excluding carboxylic acids is 2.